The third-order valence-corrected chi connectivity index (χ3v) is 6.87. The van der Waals surface area contributed by atoms with Crippen LogP contribution in [0.4, 0.5) is 0 Å². The number of benzene rings is 2. The standard InChI is InChI=1S/C35H38/c1-27(2)33-17-10-15-30(23-24-33)20-19-29-14-9-16-32(22-21-29)26-34(25-31-12-5-4-6-13-31)35-18-8-7-11-28(35)3/h4-8,11-14,16-25,27,30H,9-10,15,26H2,1-3H3. The molecule has 2 aliphatic carbocycles. The highest BCUT2D eigenvalue weighted by Gasteiger charge is 2.09. The van der Waals surface area contributed by atoms with Crippen molar-refractivity contribution in [1.29, 1.82) is 0 Å². The molecule has 0 bridgehead atoms. The topological polar surface area (TPSA) is 0 Å². The molecule has 0 nitrogen and oxygen atoms in total. The van der Waals surface area contributed by atoms with Gasteiger partial charge in [-0.2, -0.15) is 0 Å². The zero-order valence-electron chi connectivity index (χ0n) is 21.5. The average molecular weight is 459 g/mol. The second-order valence-electron chi connectivity index (χ2n) is 9.94. The van der Waals surface area contributed by atoms with Crippen LogP contribution in [0.25, 0.3) is 11.6 Å². The second-order valence-corrected chi connectivity index (χ2v) is 9.94. The smallest absolute Gasteiger partial charge is 0.00226 e. The maximum absolute atomic E-state index is 2.41. The lowest BCUT2D eigenvalue weighted by molar-refractivity contribution is 0.724. The van der Waals surface area contributed by atoms with Gasteiger partial charge in [0.1, 0.15) is 0 Å². The normalized spacial score (nSPS) is 18.8. The van der Waals surface area contributed by atoms with Crippen LogP contribution in [0.1, 0.15) is 56.2 Å². The van der Waals surface area contributed by atoms with E-state index >= 15 is 0 Å². The number of allylic oxidation sites excluding steroid dienone is 13. The Hall–Kier alpha value is -3.38. The highest BCUT2D eigenvalue weighted by Crippen LogP contribution is 2.30. The summed E-state index contributed by atoms with van der Waals surface area (Å²) in [6, 6.07) is 19.4. The van der Waals surface area contributed by atoms with Gasteiger partial charge in [-0.25, -0.2) is 0 Å². The molecule has 0 heterocycles. The molecule has 0 fully saturated rings. The molecule has 0 N–H and O–H groups in total. The third kappa shape index (κ3) is 7.30. The third-order valence-electron chi connectivity index (χ3n) is 6.87. The van der Waals surface area contributed by atoms with Crippen LogP contribution >= 0.6 is 0 Å². The maximum Gasteiger partial charge on any atom is -0.00226 e. The summed E-state index contributed by atoms with van der Waals surface area (Å²) < 4.78 is 0. The first-order valence-corrected chi connectivity index (χ1v) is 13.0. The van der Waals surface area contributed by atoms with E-state index in [1.807, 2.05) is 0 Å². The first-order chi connectivity index (χ1) is 17.1. The van der Waals surface area contributed by atoms with Crippen molar-refractivity contribution in [2.75, 3.05) is 0 Å². The van der Waals surface area contributed by atoms with Gasteiger partial charge < -0.3 is 0 Å². The van der Waals surface area contributed by atoms with Gasteiger partial charge in [0.25, 0.3) is 0 Å². The summed E-state index contributed by atoms with van der Waals surface area (Å²) in [6.45, 7) is 6.76. The molecule has 0 aliphatic heterocycles. The molecule has 0 aromatic heterocycles. The Balaban J connectivity index is 1.47. The fourth-order valence-corrected chi connectivity index (χ4v) is 4.73. The average Bonchev–Trinajstić information content (AvgIpc) is 3.24. The molecule has 1 atom stereocenters. The molecular formula is C35H38. The molecule has 2 aromatic carbocycles. The van der Waals surface area contributed by atoms with E-state index in [9.17, 15) is 0 Å². The predicted molar refractivity (Wildman–Crippen MR) is 154 cm³/mol. The fourth-order valence-electron chi connectivity index (χ4n) is 4.73. The number of hydrogen-bond acceptors (Lipinski definition) is 0. The minimum absolute atomic E-state index is 0.508. The van der Waals surface area contributed by atoms with Gasteiger partial charge in [-0.15, -0.1) is 0 Å². The zero-order valence-corrected chi connectivity index (χ0v) is 21.5. The molecule has 2 aromatic rings. The van der Waals surface area contributed by atoms with Crippen molar-refractivity contribution in [2.24, 2.45) is 11.8 Å². The number of hydrogen-bond donors (Lipinski definition) is 0. The van der Waals surface area contributed by atoms with Crippen molar-refractivity contribution in [3.05, 3.63) is 143 Å². The predicted octanol–water partition coefficient (Wildman–Crippen LogP) is 9.84. The monoisotopic (exact) mass is 458 g/mol. The van der Waals surface area contributed by atoms with Gasteiger partial charge >= 0.3 is 0 Å². The van der Waals surface area contributed by atoms with E-state index in [2.05, 4.69) is 136 Å². The minimum Gasteiger partial charge on any atom is -0.0810 e. The van der Waals surface area contributed by atoms with Crippen molar-refractivity contribution >= 4 is 11.6 Å². The van der Waals surface area contributed by atoms with Gasteiger partial charge in [0.15, 0.2) is 0 Å². The fraction of sp³-hybridized carbons (Fsp3) is 0.257. The zero-order chi connectivity index (χ0) is 24.5. The Labute approximate surface area is 212 Å². The Bertz CT molecular complexity index is 1210. The van der Waals surface area contributed by atoms with Crippen LogP contribution in [0.3, 0.4) is 0 Å². The summed E-state index contributed by atoms with van der Waals surface area (Å²) in [4.78, 5) is 0. The van der Waals surface area contributed by atoms with Crippen molar-refractivity contribution in [3.63, 3.8) is 0 Å². The van der Waals surface area contributed by atoms with Gasteiger partial charge in [0.2, 0.25) is 0 Å². The minimum atomic E-state index is 0.508. The van der Waals surface area contributed by atoms with Crippen molar-refractivity contribution < 1.29 is 0 Å². The van der Waals surface area contributed by atoms with Crippen molar-refractivity contribution in [3.8, 4) is 0 Å². The van der Waals surface area contributed by atoms with Crippen LogP contribution in [0, 0.1) is 18.8 Å². The summed E-state index contributed by atoms with van der Waals surface area (Å²) in [6.07, 6.45) is 27.7. The summed E-state index contributed by atoms with van der Waals surface area (Å²) in [5.74, 6) is 1.11. The Morgan fingerprint density at radius 2 is 1.71 bits per heavy atom. The van der Waals surface area contributed by atoms with E-state index in [-0.39, 0.29) is 0 Å². The highest BCUT2D eigenvalue weighted by molar-refractivity contribution is 5.84. The van der Waals surface area contributed by atoms with Gasteiger partial charge in [-0.1, -0.05) is 129 Å². The van der Waals surface area contributed by atoms with Crippen LogP contribution in [0.2, 0.25) is 0 Å². The Morgan fingerprint density at radius 1 is 0.914 bits per heavy atom. The Kier molecular flexibility index (Phi) is 8.74. The molecule has 0 spiro atoms. The summed E-state index contributed by atoms with van der Waals surface area (Å²) in [5, 5.41) is 0. The first kappa shape index (κ1) is 24.7. The molecule has 0 heteroatoms. The second kappa shape index (κ2) is 12.4. The SMILES string of the molecule is Cc1ccccc1C(=Cc1ccccc1)CC1=CCC=C(C=CC2C=CC(C(C)C)=CCC2)C=C1. The molecule has 35 heavy (non-hydrogen) atoms. The Morgan fingerprint density at radius 3 is 2.51 bits per heavy atom. The van der Waals surface area contributed by atoms with Crippen LogP contribution in [0.5, 0.6) is 0 Å². The van der Waals surface area contributed by atoms with Crippen molar-refractivity contribution in [2.45, 2.75) is 46.5 Å². The van der Waals surface area contributed by atoms with Crippen LogP contribution in [0.15, 0.2) is 126 Å². The molecule has 2 aliphatic rings. The molecule has 1 unspecified atom stereocenters. The molecule has 0 amide bonds. The van der Waals surface area contributed by atoms with Crippen molar-refractivity contribution in [1.82, 2.24) is 0 Å². The van der Waals surface area contributed by atoms with E-state index < -0.39 is 0 Å². The van der Waals surface area contributed by atoms with E-state index in [1.165, 1.54) is 45.4 Å². The van der Waals surface area contributed by atoms with Crippen LogP contribution in [-0.2, 0) is 0 Å². The van der Waals surface area contributed by atoms with E-state index in [0.717, 1.165) is 19.3 Å². The van der Waals surface area contributed by atoms with Crippen LogP contribution in [-0.4, -0.2) is 0 Å². The maximum atomic E-state index is 2.41. The van der Waals surface area contributed by atoms with Crippen LogP contribution < -0.4 is 0 Å². The molecular weight excluding hydrogens is 420 g/mol. The number of aryl methyl sites for hydroxylation is 1. The molecule has 0 saturated carbocycles. The van der Waals surface area contributed by atoms with Gasteiger partial charge in [0, 0.05) is 0 Å². The largest absolute Gasteiger partial charge is 0.0810 e. The van der Waals surface area contributed by atoms with E-state index in [1.54, 1.807) is 0 Å². The lowest BCUT2D eigenvalue weighted by atomic mass is 9.92. The first-order valence-electron chi connectivity index (χ1n) is 13.0. The summed E-state index contributed by atoms with van der Waals surface area (Å²) >= 11 is 0. The van der Waals surface area contributed by atoms with E-state index in [0.29, 0.717) is 11.8 Å². The van der Waals surface area contributed by atoms with E-state index in [4.69, 9.17) is 0 Å². The van der Waals surface area contributed by atoms with Gasteiger partial charge in [-0.3, -0.25) is 0 Å². The highest BCUT2D eigenvalue weighted by atomic mass is 14.1. The molecule has 178 valence electrons. The van der Waals surface area contributed by atoms with Gasteiger partial charge in [-0.05, 0) is 83.4 Å². The lowest BCUT2D eigenvalue weighted by Crippen LogP contribution is -1.91. The number of rotatable bonds is 7. The van der Waals surface area contributed by atoms with Gasteiger partial charge in [0.05, 0.1) is 0 Å². The molecule has 0 radical (unpaired) electrons. The lowest BCUT2D eigenvalue weighted by Gasteiger charge is -2.12. The molecule has 0 saturated heterocycles. The summed E-state index contributed by atoms with van der Waals surface area (Å²) in [7, 11) is 0. The quantitative estimate of drug-likeness (QED) is 0.362. The molecule has 4 rings (SSSR count). The summed E-state index contributed by atoms with van der Waals surface area (Å²) in [5.41, 5.74) is 9.40.